The van der Waals surface area contributed by atoms with Crippen molar-refractivity contribution in [3.05, 3.63) is 34.1 Å². The van der Waals surface area contributed by atoms with E-state index >= 15 is 0 Å². The number of hydrogen-bond acceptors (Lipinski definition) is 5. The van der Waals surface area contributed by atoms with Crippen LogP contribution in [0.4, 0.5) is 10.1 Å². The summed E-state index contributed by atoms with van der Waals surface area (Å²) in [6.07, 6.45) is 1.66. The first kappa shape index (κ1) is 15.8. The second-order valence-electron chi connectivity index (χ2n) is 4.71. The Kier molecular flexibility index (Phi) is 4.86. The van der Waals surface area contributed by atoms with Gasteiger partial charge in [0.05, 0.1) is 4.92 Å². The van der Waals surface area contributed by atoms with Crippen LogP contribution in [-0.2, 0) is 14.8 Å². The van der Waals surface area contributed by atoms with Gasteiger partial charge in [0.15, 0.2) is 4.90 Å². The Labute approximate surface area is 121 Å². The molecule has 116 valence electrons. The molecule has 9 heteroatoms. The highest BCUT2D eigenvalue weighted by Crippen LogP contribution is 2.27. The average molecular weight is 318 g/mol. The fourth-order valence-electron chi connectivity index (χ4n) is 2.21. The van der Waals surface area contributed by atoms with Gasteiger partial charge in [0.25, 0.3) is 15.7 Å². The molecule has 2 rings (SSSR count). The summed E-state index contributed by atoms with van der Waals surface area (Å²) in [7, 11) is -4.30. The first-order valence-electron chi connectivity index (χ1n) is 6.45. The minimum Gasteiger partial charge on any atom is -0.381 e. The predicted octanol–water partition coefficient (Wildman–Crippen LogP) is 1.58. The summed E-state index contributed by atoms with van der Waals surface area (Å²) in [6, 6.07) is 2.54. The minimum absolute atomic E-state index is 0.395. The molecule has 0 aliphatic carbocycles. The molecule has 1 saturated heterocycles. The van der Waals surface area contributed by atoms with E-state index < -0.39 is 37.4 Å². The van der Waals surface area contributed by atoms with Crippen molar-refractivity contribution >= 4 is 15.7 Å². The lowest BCUT2D eigenvalue weighted by molar-refractivity contribution is -0.388. The Bertz CT molecular complexity index is 627. The molecule has 1 heterocycles. The lowest BCUT2D eigenvalue weighted by Gasteiger charge is -2.16. The summed E-state index contributed by atoms with van der Waals surface area (Å²) in [5.41, 5.74) is -0.771. The maximum atomic E-state index is 13.8. The summed E-state index contributed by atoms with van der Waals surface area (Å²) in [5, 5.41) is 10.9. The zero-order chi connectivity index (χ0) is 15.5. The van der Waals surface area contributed by atoms with Gasteiger partial charge in [-0.05, 0) is 25.3 Å². The van der Waals surface area contributed by atoms with Gasteiger partial charge >= 0.3 is 0 Å². The van der Waals surface area contributed by atoms with Crippen LogP contribution < -0.4 is 4.72 Å². The third-order valence-electron chi connectivity index (χ3n) is 3.19. The number of nitrogens with one attached hydrogen (secondary N) is 1. The topological polar surface area (TPSA) is 98.5 Å². The number of benzene rings is 1. The Balaban J connectivity index is 2.33. The quantitative estimate of drug-likeness (QED) is 0.671. The number of hydrogen-bond donors (Lipinski definition) is 1. The van der Waals surface area contributed by atoms with Crippen molar-refractivity contribution in [1.29, 1.82) is 0 Å². The molecule has 1 atom stereocenters. The number of halogens is 1. The van der Waals surface area contributed by atoms with Gasteiger partial charge in [0.1, 0.15) is 5.82 Å². The maximum absolute atomic E-state index is 13.8. The van der Waals surface area contributed by atoms with Gasteiger partial charge in [-0.15, -0.1) is 0 Å². The molecule has 7 nitrogen and oxygen atoms in total. The van der Waals surface area contributed by atoms with Crippen LogP contribution in [0.1, 0.15) is 19.3 Å². The number of ether oxygens (including phenoxy) is 1. The molecule has 1 aliphatic heterocycles. The predicted molar refractivity (Wildman–Crippen MR) is 71.8 cm³/mol. The van der Waals surface area contributed by atoms with Crippen LogP contribution in [0, 0.1) is 15.9 Å². The number of nitro groups is 1. The van der Waals surface area contributed by atoms with Crippen LogP contribution in [0.3, 0.4) is 0 Å². The highest BCUT2D eigenvalue weighted by molar-refractivity contribution is 7.89. The first-order valence-corrected chi connectivity index (χ1v) is 7.93. The van der Waals surface area contributed by atoms with E-state index in [1.807, 2.05) is 0 Å². The maximum Gasteiger partial charge on any atom is 0.292 e. The first-order chi connectivity index (χ1) is 9.92. The van der Waals surface area contributed by atoms with E-state index in [-0.39, 0.29) is 0 Å². The van der Waals surface area contributed by atoms with E-state index in [1.165, 1.54) is 0 Å². The Morgan fingerprint density at radius 2 is 2.10 bits per heavy atom. The number of nitrogens with zero attached hydrogens (tertiary/aromatic N) is 1. The molecule has 0 spiro atoms. The van der Waals surface area contributed by atoms with E-state index in [0.717, 1.165) is 18.2 Å². The molecule has 21 heavy (non-hydrogen) atoms. The zero-order valence-electron chi connectivity index (χ0n) is 11.1. The van der Waals surface area contributed by atoms with E-state index in [4.69, 9.17) is 4.74 Å². The summed E-state index contributed by atoms with van der Waals surface area (Å²) in [6.45, 7) is 0.935. The lowest BCUT2D eigenvalue weighted by Crippen LogP contribution is -2.35. The minimum atomic E-state index is -4.30. The second-order valence-corrected chi connectivity index (χ2v) is 6.36. The van der Waals surface area contributed by atoms with Gasteiger partial charge < -0.3 is 4.74 Å². The van der Waals surface area contributed by atoms with Crippen molar-refractivity contribution < 1.29 is 22.5 Å². The summed E-state index contributed by atoms with van der Waals surface area (Å²) in [4.78, 5) is 9.07. The molecular weight excluding hydrogens is 303 g/mol. The number of sulfonamides is 1. The standard InChI is InChI=1S/C12H15FN2O5S/c13-10-4-1-5-11(15(16)17)12(10)21(18,19)14-9-3-2-7-20-8-6-9/h1,4-5,9,14H,2-3,6-8H2. The third kappa shape index (κ3) is 3.74. The third-order valence-corrected chi connectivity index (χ3v) is 4.77. The molecule has 1 aromatic carbocycles. The fourth-order valence-corrected chi connectivity index (χ4v) is 3.74. The van der Waals surface area contributed by atoms with E-state index in [9.17, 15) is 22.9 Å². The zero-order valence-corrected chi connectivity index (χ0v) is 11.9. The van der Waals surface area contributed by atoms with Gasteiger partial charge in [-0.1, -0.05) is 6.07 Å². The molecular formula is C12H15FN2O5S. The van der Waals surface area contributed by atoms with Crippen molar-refractivity contribution in [3.8, 4) is 0 Å². The lowest BCUT2D eigenvalue weighted by atomic mass is 10.1. The number of rotatable bonds is 4. The molecule has 0 saturated carbocycles. The highest BCUT2D eigenvalue weighted by atomic mass is 32.2. The van der Waals surface area contributed by atoms with Crippen LogP contribution in [0.5, 0.6) is 0 Å². The van der Waals surface area contributed by atoms with Gasteiger partial charge in [-0.3, -0.25) is 10.1 Å². The van der Waals surface area contributed by atoms with E-state index in [0.29, 0.717) is 32.5 Å². The van der Waals surface area contributed by atoms with Crippen molar-refractivity contribution in [2.45, 2.75) is 30.2 Å². The van der Waals surface area contributed by atoms with Gasteiger partial charge in [0.2, 0.25) is 0 Å². The van der Waals surface area contributed by atoms with Crippen LogP contribution in [0.25, 0.3) is 0 Å². The molecule has 1 aromatic rings. The van der Waals surface area contributed by atoms with Crippen molar-refractivity contribution in [1.82, 2.24) is 4.72 Å². The molecule has 1 N–H and O–H groups in total. The normalized spacial score (nSPS) is 20.0. The van der Waals surface area contributed by atoms with E-state index in [2.05, 4.69) is 4.72 Å². The van der Waals surface area contributed by atoms with Crippen molar-refractivity contribution in [2.75, 3.05) is 13.2 Å². The average Bonchev–Trinajstić information content (AvgIpc) is 2.66. The summed E-state index contributed by atoms with van der Waals surface area (Å²) < 4.78 is 45.9. The molecule has 1 fully saturated rings. The summed E-state index contributed by atoms with van der Waals surface area (Å²) >= 11 is 0. The van der Waals surface area contributed by atoms with Gasteiger partial charge in [-0.25, -0.2) is 17.5 Å². The van der Waals surface area contributed by atoms with Crippen molar-refractivity contribution in [3.63, 3.8) is 0 Å². The van der Waals surface area contributed by atoms with Gasteiger partial charge in [-0.2, -0.15) is 0 Å². The molecule has 0 bridgehead atoms. The van der Waals surface area contributed by atoms with E-state index in [1.54, 1.807) is 0 Å². The Morgan fingerprint density at radius 1 is 1.33 bits per heavy atom. The SMILES string of the molecule is O=[N+]([O-])c1cccc(F)c1S(=O)(=O)NC1CCCOCC1. The Hall–Kier alpha value is -1.58. The fraction of sp³-hybridized carbons (Fsp3) is 0.500. The highest BCUT2D eigenvalue weighted by Gasteiger charge is 2.31. The molecule has 0 amide bonds. The second kappa shape index (κ2) is 6.46. The Morgan fingerprint density at radius 3 is 2.81 bits per heavy atom. The van der Waals surface area contributed by atoms with Crippen LogP contribution >= 0.6 is 0 Å². The monoisotopic (exact) mass is 318 g/mol. The van der Waals surface area contributed by atoms with Crippen molar-refractivity contribution in [2.24, 2.45) is 0 Å². The van der Waals surface area contributed by atoms with Crippen LogP contribution in [0.15, 0.2) is 23.1 Å². The molecule has 0 aromatic heterocycles. The molecule has 1 unspecified atom stereocenters. The van der Waals surface area contributed by atoms with Gasteiger partial charge in [0, 0.05) is 25.3 Å². The van der Waals surface area contributed by atoms with Crippen LogP contribution in [0.2, 0.25) is 0 Å². The summed E-state index contributed by atoms with van der Waals surface area (Å²) in [5.74, 6) is -1.14. The van der Waals surface area contributed by atoms with Crippen LogP contribution in [-0.4, -0.2) is 32.6 Å². The smallest absolute Gasteiger partial charge is 0.292 e. The largest absolute Gasteiger partial charge is 0.381 e. The number of nitro benzene ring substituents is 1. The molecule has 1 aliphatic rings. The molecule has 0 radical (unpaired) electrons.